The maximum atomic E-state index is 13.9. The molecule has 5 heteroatoms. The molecule has 3 nitrogen and oxygen atoms in total. The Kier molecular flexibility index (Phi) is 3.78. The van der Waals surface area contributed by atoms with Crippen molar-refractivity contribution in [1.29, 1.82) is 0 Å². The van der Waals surface area contributed by atoms with Crippen LogP contribution in [0.4, 0.5) is 4.39 Å². The summed E-state index contributed by atoms with van der Waals surface area (Å²) in [7, 11) is -1.18. The summed E-state index contributed by atoms with van der Waals surface area (Å²) in [4.78, 5) is 2.86. The van der Waals surface area contributed by atoms with Gasteiger partial charge in [0.1, 0.15) is 5.82 Å². The lowest BCUT2D eigenvalue weighted by atomic mass is 10.1. The van der Waals surface area contributed by atoms with Gasteiger partial charge in [0.15, 0.2) is 0 Å². The second-order valence-electron chi connectivity index (χ2n) is 5.67. The lowest BCUT2D eigenvalue weighted by Crippen LogP contribution is -2.34. The number of H-pyrrole nitrogens is 1. The number of rotatable bonds is 3. The largest absolute Gasteiger partial charge is 0.359 e. The summed E-state index contributed by atoms with van der Waals surface area (Å²) in [6.07, 6.45) is 1.71. The number of nitrogens with one attached hydrogen (secondary N) is 2. The Balaban J connectivity index is 2.26. The van der Waals surface area contributed by atoms with Gasteiger partial charge in [-0.2, -0.15) is 0 Å². The number of hydrogen-bond acceptors (Lipinski definition) is 1. The first kappa shape index (κ1) is 14.2. The molecule has 0 fully saturated rings. The third-order valence-electron chi connectivity index (χ3n) is 2.97. The predicted molar refractivity (Wildman–Crippen MR) is 77.7 cm³/mol. The summed E-state index contributed by atoms with van der Waals surface area (Å²) in [5, 5.41) is 0.824. The second-order valence-corrected chi connectivity index (χ2v) is 7.66. The Morgan fingerprint density at radius 2 is 2.05 bits per heavy atom. The molecule has 2 unspecified atom stereocenters. The molecule has 2 aromatic rings. The molecule has 0 saturated carbocycles. The minimum atomic E-state index is -1.18. The van der Waals surface area contributed by atoms with E-state index in [0.717, 1.165) is 10.9 Å². The van der Waals surface area contributed by atoms with Gasteiger partial charge in [-0.15, -0.1) is 0 Å². The normalized spacial score (nSPS) is 15.6. The fourth-order valence-corrected chi connectivity index (χ4v) is 2.61. The molecule has 1 aromatic carbocycles. The van der Waals surface area contributed by atoms with Gasteiger partial charge in [-0.1, -0.05) is 0 Å². The van der Waals surface area contributed by atoms with Crippen LogP contribution in [0, 0.1) is 5.82 Å². The Morgan fingerprint density at radius 3 is 2.68 bits per heavy atom. The average Bonchev–Trinajstić information content (AvgIpc) is 2.76. The van der Waals surface area contributed by atoms with E-state index in [1.54, 1.807) is 6.20 Å². The van der Waals surface area contributed by atoms with E-state index in [4.69, 9.17) is 0 Å². The van der Waals surface area contributed by atoms with Crippen molar-refractivity contribution in [3.63, 3.8) is 0 Å². The highest BCUT2D eigenvalue weighted by atomic mass is 32.2. The molecular formula is C14H19FN2OS. The zero-order valence-corrected chi connectivity index (χ0v) is 12.4. The quantitative estimate of drug-likeness (QED) is 0.890. The number of aromatic nitrogens is 1. The highest BCUT2D eigenvalue weighted by Crippen LogP contribution is 2.23. The van der Waals surface area contributed by atoms with Crippen LogP contribution in [0.5, 0.6) is 0 Å². The molecule has 0 aliphatic rings. The SMILES string of the molecule is CC(NS(=O)C(C)(C)C)c1cc(F)c2[nH]ccc2c1. The van der Waals surface area contributed by atoms with Crippen LogP contribution in [-0.2, 0) is 11.0 Å². The van der Waals surface area contributed by atoms with Gasteiger partial charge in [0.05, 0.1) is 21.2 Å². The van der Waals surface area contributed by atoms with Crippen molar-refractivity contribution in [2.24, 2.45) is 0 Å². The zero-order valence-electron chi connectivity index (χ0n) is 11.6. The molecule has 2 N–H and O–H groups in total. The maximum Gasteiger partial charge on any atom is 0.147 e. The van der Waals surface area contributed by atoms with Crippen molar-refractivity contribution in [2.45, 2.75) is 38.5 Å². The Hall–Kier alpha value is -1.20. The van der Waals surface area contributed by atoms with Crippen LogP contribution in [0.15, 0.2) is 24.4 Å². The van der Waals surface area contributed by atoms with Gasteiger partial charge in [-0.05, 0) is 51.5 Å². The van der Waals surface area contributed by atoms with Crippen molar-refractivity contribution in [2.75, 3.05) is 0 Å². The zero-order chi connectivity index (χ0) is 14.2. The van der Waals surface area contributed by atoms with Crippen LogP contribution in [0.1, 0.15) is 39.3 Å². The molecular weight excluding hydrogens is 263 g/mol. The third kappa shape index (κ3) is 3.04. The van der Waals surface area contributed by atoms with Gasteiger partial charge in [-0.25, -0.2) is 13.3 Å². The number of halogens is 1. The van der Waals surface area contributed by atoms with Crippen LogP contribution >= 0.6 is 0 Å². The van der Waals surface area contributed by atoms with Crippen LogP contribution in [0.25, 0.3) is 10.9 Å². The first-order chi connectivity index (χ1) is 8.79. The van der Waals surface area contributed by atoms with E-state index in [2.05, 4.69) is 9.71 Å². The van der Waals surface area contributed by atoms with E-state index in [1.807, 2.05) is 39.8 Å². The average molecular weight is 282 g/mol. The minimum absolute atomic E-state index is 0.172. The molecule has 0 bridgehead atoms. The standard InChI is InChI=1S/C14H19FN2OS/c1-9(17-19(18)14(2,3)4)11-7-10-5-6-16-13(10)12(15)8-11/h5-9,16-17H,1-4H3. The molecule has 0 aliphatic carbocycles. The van der Waals surface area contributed by atoms with Gasteiger partial charge in [-0.3, -0.25) is 0 Å². The molecule has 19 heavy (non-hydrogen) atoms. The predicted octanol–water partition coefficient (Wildman–Crippen LogP) is 3.42. The van der Waals surface area contributed by atoms with Crippen LogP contribution < -0.4 is 4.72 Å². The maximum absolute atomic E-state index is 13.9. The lowest BCUT2D eigenvalue weighted by molar-refractivity contribution is 0.609. The van der Waals surface area contributed by atoms with Gasteiger partial charge in [0.25, 0.3) is 0 Å². The van der Waals surface area contributed by atoms with Crippen LogP contribution in [0.2, 0.25) is 0 Å². The molecule has 2 rings (SSSR count). The molecule has 0 amide bonds. The highest BCUT2D eigenvalue weighted by molar-refractivity contribution is 7.84. The van der Waals surface area contributed by atoms with Crippen molar-refractivity contribution in [1.82, 2.24) is 9.71 Å². The van der Waals surface area contributed by atoms with E-state index in [-0.39, 0.29) is 16.6 Å². The monoisotopic (exact) mass is 282 g/mol. The number of fused-ring (bicyclic) bond motifs is 1. The molecule has 1 aromatic heterocycles. The molecule has 0 aliphatic heterocycles. The Bertz CT molecular complexity index is 615. The summed E-state index contributed by atoms with van der Waals surface area (Å²) < 4.78 is 28.6. The molecule has 2 atom stereocenters. The fourth-order valence-electron chi connectivity index (χ4n) is 1.80. The molecule has 1 heterocycles. The van der Waals surface area contributed by atoms with Crippen LogP contribution in [-0.4, -0.2) is 13.9 Å². The molecule has 0 radical (unpaired) electrons. The van der Waals surface area contributed by atoms with Gasteiger partial charge >= 0.3 is 0 Å². The van der Waals surface area contributed by atoms with E-state index in [9.17, 15) is 8.60 Å². The van der Waals surface area contributed by atoms with Crippen molar-refractivity contribution >= 4 is 21.9 Å². The van der Waals surface area contributed by atoms with Gasteiger partial charge < -0.3 is 4.98 Å². The van der Waals surface area contributed by atoms with Crippen molar-refractivity contribution in [3.05, 3.63) is 35.8 Å². The number of hydrogen-bond donors (Lipinski definition) is 2. The van der Waals surface area contributed by atoms with Crippen molar-refractivity contribution < 1.29 is 8.60 Å². The summed E-state index contributed by atoms with van der Waals surface area (Å²) in [6, 6.07) is 5.05. The van der Waals surface area contributed by atoms with Crippen molar-refractivity contribution in [3.8, 4) is 0 Å². The second kappa shape index (κ2) is 5.06. The first-order valence-corrected chi connectivity index (χ1v) is 7.38. The van der Waals surface area contributed by atoms with Gasteiger partial charge in [0, 0.05) is 17.6 Å². The van der Waals surface area contributed by atoms with E-state index >= 15 is 0 Å². The Morgan fingerprint density at radius 1 is 1.37 bits per heavy atom. The summed E-state index contributed by atoms with van der Waals surface area (Å²) >= 11 is 0. The first-order valence-electron chi connectivity index (χ1n) is 6.23. The summed E-state index contributed by atoms with van der Waals surface area (Å²) in [5.41, 5.74) is 1.30. The van der Waals surface area contributed by atoms with E-state index in [0.29, 0.717) is 5.52 Å². The topological polar surface area (TPSA) is 44.9 Å². The van der Waals surface area contributed by atoms with Crippen LogP contribution in [0.3, 0.4) is 0 Å². The van der Waals surface area contributed by atoms with E-state index in [1.165, 1.54) is 6.07 Å². The summed E-state index contributed by atoms with van der Waals surface area (Å²) in [6.45, 7) is 7.59. The third-order valence-corrected chi connectivity index (χ3v) is 4.65. The lowest BCUT2D eigenvalue weighted by Gasteiger charge is -2.22. The van der Waals surface area contributed by atoms with E-state index < -0.39 is 11.0 Å². The number of aromatic amines is 1. The molecule has 104 valence electrons. The smallest absolute Gasteiger partial charge is 0.147 e. The minimum Gasteiger partial charge on any atom is -0.359 e. The Labute approximate surface area is 115 Å². The molecule has 0 saturated heterocycles. The highest BCUT2D eigenvalue weighted by Gasteiger charge is 2.22. The number of benzene rings is 1. The fraction of sp³-hybridized carbons (Fsp3) is 0.429. The summed E-state index contributed by atoms with van der Waals surface area (Å²) in [5.74, 6) is -0.285. The molecule has 0 spiro atoms. The van der Waals surface area contributed by atoms with Gasteiger partial charge in [0.2, 0.25) is 0 Å².